The maximum Gasteiger partial charge on any atom is 0.446 e. The van der Waals surface area contributed by atoms with Crippen LogP contribution in [0.3, 0.4) is 0 Å². The lowest BCUT2D eigenvalue weighted by Gasteiger charge is -2.15. The fourth-order valence-corrected chi connectivity index (χ4v) is 1.87. The molecule has 0 fully saturated rings. The second-order valence-electron chi connectivity index (χ2n) is 4.30. The van der Waals surface area contributed by atoms with E-state index in [1.54, 1.807) is 12.1 Å². The molecule has 5 heteroatoms. The van der Waals surface area contributed by atoms with Gasteiger partial charge in [0.25, 0.3) is 0 Å². The van der Waals surface area contributed by atoms with Crippen molar-refractivity contribution in [3.05, 3.63) is 29.8 Å². The first-order valence-corrected chi connectivity index (χ1v) is 6.20. The Morgan fingerprint density at radius 1 is 1.18 bits per heavy atom. The Bertz CT molecular complexity index is 346. The van der Waals surface area contributed by atoms with E-state index in [0.717, 1.165) is 5.56 Å². The standard InChI is InChI=1S/C12H16F3NS/c1-8(2)11(16)7-9-3-5-10(6-4-9)17-12(13,14)15/h3-6,8,11H,7,16H2,1-2H3. The molecular weight excluding hydrogens is 247 g/mol. The number of alkyl halides is 3. The Morgan fingerprint density at radius 3 is 2.12 bits per heavy atom. The van der Waals surface area contributed by atoms with Gasteiger partial charge in [-0.1, -0.05) is 26.0 Å². The highest BCUT2D eigenvalue weighted by Crippen LogP contribution is 2.36. The molecule has 96 valence electrons. The molecule has 0 aliphatic carbocycles. The molecule has 0 aliphatic heterocycles. The van der Waals surface area contributed by atoms with Crippen molar-refractivity contribution < 1.29 is 13.2 Å². The van der Waals surface area contributed by atoms with Crippen molar-refractivity contribution in [2.45, 2.75) is 36.7 Å². The molecule has 0 heterocycles. The van der Waals surface area contributed by atoms with E-state index >= 15 is 0 Å². The third kappa shape index (κ3) is 5.46. The van der Waals surface area contributed by atoms with Gasteiger partial charge in [-0.15, -0.1) is 0 Å². The van der Waals surface area contributed by atoms with Crippen molar-refractivity contribution in [1.29, 1.82) is 0 Å². The van der Waals surface area contributed by atoms with Crippen molar-refractivity contribution in [1.82, 2.24) is 0 Å². The Balaban J connectivity index is 2.62. The smallest absolute Gasteiger partial charge is 0.327 e. The van der Waals surface area contributed by atoms with E-state index in [-0.39, 0.29) is 22.7 Å². The third-order valence-corrected chi connectivity index (χ3v) is 3.22. The van der Waals surface area contributed by atoms with Crippen LogP contribution >= 0.6 is 11.8 Å². The highest BCUT2D eigenvalue weighted by molar-refractivity contribution is 8.00. The van der Waals surface area contributed by atoms with Crippen LogP contribution in [0.5, 0.6) is 0 Å². The molecule has 1 aromatic rings. The van der Waals surface area contributed by atoms with Gasteiger partial charge >= 0.3 is 5.51 Å². The quantitative estimate of drug-likeness (QED) is 0.836. The average molecular weight is 263 g/mol. The summed E-state index contributed by atoms with van der Waals surface area (Å²) in [6, 6.07) is 6.42. The van der Waals surface area contributed by atoms with Gasteiger partial charge in [0.15, 0.2) is 0 Å². The first-order chi connectivity index (χ1) is 7.78. The monoisotopic (exact) mass is 263 g/mol. The maximum absolute atomic E-state index is 12.1. The highest BCUT2D eigenvalue weighted by Gasteiger charge is 2.28. The van der Waals surface area contributed by atoms with Gasteiger partial charge in [0.05, 0.1) is 0 Å². The van der Waals surface area contributed by atoms with E-state index in [9.17, 15) is 13.2 Å². The molecule has 0 aliphatic rings. The number of rotatable bonds is 4. The summed E-state index contributed by atoms with van der Waals surface area (Å²) >= 11 is -0.0966. The Morgan fingerprint density at radius 2 is 1.71 bits per heavy atom. The lowest BCUT2D eigenvalue weighted by molar-refractivity contribution is -0.0328. The molecule has 0 amide bonds. The normalized spacial score (nSPS) is 14.1. The Kier molecular flexibility index (Phi) is 4.89. The number of thioether (sulfide) groups is 1. The zero-order valence-electron chi connectivity index (χ0n) is 9.79. The van der Waals surface area contributed by atoms with E-state index in [4.69, 9.17) is 5.73 Å². The van der Waals surface area contributed by atoms with Crippen molar-refractivity contribution in [3.8, 4) is 0 Å². The summed E-state index contributed by atoms with van der Waals surface area (Å²) in [6.07, 6.45) is 0.689. The van der Waals surface area contributed by atoms with Gasteiger partial charge in [-0.2, -0.15) is 13.2 Å². The first-order valence-electron chi connectivity index (χ1n) is 5.38. The summed E-state index contributed by atoms with van der Waals surface area (Å²) in [6.45, 7) is 4.05. The molecule has 0 aromatic heterocycles. The van der Waals surface area contributed by atoms with Gasteiger partial charge in [0, 0.05) is 10.9 Å². The molecule has 1 atom stereocenters. The molecule has 0 spiro atoms. The summed E-state index contributed by atoms with van der Waals surface area (Å²) in [5.74, 6) is 0.360. The van der Waals surface area contributed by atoms with E-state index in [0.29, 0.717) is 12.3 Å². The molecule has 0 saturated carbocycles. The van der Waals surface area contributed by atoms with E-state index < -0.39 is 5.51 Å². The van der Waals surface area contributed by atoms with E-state index in [2.05, 4.69) is 0 Å². The van der Waals surface area contributed by atoms with Gasteiger partial charge in [-0.25, -0.2) is 0 Å². The number of hydrogen-bond donors (Lipinski definition) is 1. The molecule has 1 rings (SSSR count). The summed E-state index contributed by atoms with van der Waals surface area (Å²) in [5, 5.41) is 0. The Labute approximate surface area is 104 Å². The number of nitrogens with two attached hydrogens (primary N) is 1. The fraction of sp³-hybridized carbons (Fsp3) is 0.500. The second kappa shape index (κ2) is 5.78. The largest absolute Gasteiger partial charge is 0.446 e. The van der Waals surface area contributed by atoms with Crippen LogP contribution in [0.4, 0.5) is 13.2 Å². The van der Waals surface area contributed by atoms with Crippen LogP contribution in [0.2, 0.25) is 0 Å². The minimum Gasteiger partial charge on any atom is -0.327 e. The van der Waals surface area contributed by atoms with Gasteiger partial charge < -0.3 is 5.73 Å². The minimum atomic E-state index is -4.23. The van der Waals surface area contributed by atoms with E-state index in [1.165, 1.54) is 12.1 Å². The zero-order valence-corrected chi connectivity index (χ0v) is 10.6. The van der Waals surface area contributed by atoms with Crippen LogP contribution in [-0.4, -0.2) is 11.6 Å². The molecule has 17 heavy (non-hydrogen) atoms. The summed E-state index contributed by atoms with van der Waals surface area (Å²) in [5.41, 5.74) is 2.65. The molecule has 1 unspecified atom stereocenters. The number of benzene rings is 1. The molecular formula is C12H16F3NS. The van der Waals surface area contributed by atoms with Crippen LogP contribution in [0.15, 0.2) is 29.2 Å². The summed E-state index contributed by atoms with van der Waals surface area (Å²) in [7, 11) is 0. The predicted octanol–water partition coefficient (Wildman–Crippen LogP) is 3.82. The molecule has 1 nitrogen and oxygen atoms in total. The van der Waals surface area contributed by atoms with Crippen molar-refractivity contribution >= 4 is 11.8 Å². The molecule has 0 bridgehead atoms. The van der Waals surface area contributed by atoms with Crippen LogP contribution < -0.4 is 5.73 Å². The lowest BCUT2D eigenvalue weighted by Crippen LogP contribution is -2.28. The van der Waals surface area contributed by atoms with Crippen LogP contribution in [0, 0.1) is 5.92 Å². The topological polar surface area (TPSA) is 26.0 Å². The first kappa shape index (κ1) is 14.4. The Hall–Kier alpha value is -0.680. The van der Waals surface area contributed by atoms with Gasteiger partial charge in [-0.3, -0.25) is 0 Å². The van der Waals surface area contributed by atoms with Crippen LogP contribution in [0.1, 0.15) is 19.4 Å². The predicted molar refractivity (Wildman–Crippen MR) is 64.9 cm³/mol. The van der Waals surface area contributed by atoms with Gasteiger partial charge in [-0.05, 0) is 41.8 Å². The molecule has 2 N–H and O–H groups in total. The van der Waals surface area contributed by atoms with Crippen LogP contribution in [0.25, 0.3) is 0 Å². The summed E-state index contributed by atoms with van der Waals surface area (Å²) in [4.78, 5) is 0.208. The highest BCUT2D eigenvalue weighted by atomic mass is 32.2. The van der Waals surface area contributed by atoms with E-state index in [1.807, 2.05) is 13.8 Å². The van der Waals surface area contributed by atoms with Crippen LogP contribution in [-0.2, 0) is 6.42 Å². The molecule has 0 radical (unpaired) electrons. The second-order valence-corrected chi connectivity index (χ2v) is 5.44. The SMILES string of the molecule is CC(C)C(N)Cc1ccc(SC(F)(F)F)cc1. The third-order valence-electron chi connectivity index (χ3n) is 2.48. The van der Waals surface area contributed by atoms with Crippen molar-refractivity contribution in [3.63, 3.8) is 0 Å². The summed E-state index contributed by atoms with van der Waals surface area (Å²) < 4.78 is 36.3. The zero-order chi connectivity index (χ0) is 13.1. The lowest BCUT2D eigenvalue weighted by atomic mass is 9.97. The average Bonchev–Trinajstić information content (AvgIpc) is 2.18. The molecule has 1 aromatic carbocycles. The number of halogens is 3. The van der Waals surface area contributed by atoms with Crippen molar-refractivity contribution in [2.75, 3.05) is 0 Å². The number of hydrogen-bond acceptors (Lipinski definition) is 2. The maximum atomic E-state index is 12.1. The van der Waals surface area contributed by atoms with Gasteiger partial charge in [0.1, 0.15) is 0 Å². The fourth-order valence-electron chi connectivity index (χ4n) is 1.34. The van der Waals surface area contributed by atoms with Gasteiger partial charge in [0.2, 0.25) is 0 Å². The minimum absolute atomic E-state index is 0.0381. The molecule has 0 saturated heterocycles. The van der Waals surface area contributed by atoms with Crippen molar-refractivity contribution in [2.24, 2.45) is 11.7 Å².